The van der Waals surface area contributed by atoms with E-state index in [-0.39, 0.29) is 15.9 Å². The Balaban J connectivity index is 1.54. The molecule has 1 amide bonds. The number of rotatable bonds is 9. The number of carbonyl (C=O) groups excluding carboxylic acids is 1. The van der Waals surface area contributed by atoms with E-state index in [1.807, 2.05) is 25.1 Å². The van der Waals surface area contributed by atoms with Crippen LogP contribution in [0.4, 0.5) is 11.4 Å². The standard InChI is InChI=1S/C20H20N2O4S3/c1-2-26-18-7-4-3-6-17(18)21-19(23)14-28-16-11-9-15(10-12-16)22-29(24,25)20-8-5-13-27-20/h3-13,22H,2,14H2,1H3,(H,21,23). The van der Waals surface area contributed by atoms with E-state index in [4.69, 9.17) is 4.74 Å². The van der Waals surface area contributed by atoms with Crippen LogP contribution in [0.25, 0.3) is 0 Å². The molecule has 3 aromatic rings. The lowest BCUT2D eigenvalue weighted by Crippen LogP contribution is -2.15. The number of hydrogen-bond donors (Lipinski definition) is 2. The molecule has 0 unspecified atom stereocenters. The lowest BCUT2D eigenvalue weighted by molar-refractivity contribution is -0.113. The fraction of sp³-hybridized carbons (Fsp3) is 0.150. The maximum atomic E-state index is 12.3. The average Bonchev–Trinajstić information content (AvgIpc) is 3.25. The molecule has 0 spiro atoms. The second-order valence-electron chi connectivity index (χ2n) is 5.83. The summed E-state index contributed by atoms with van der Waals surface area (Å²) in [4.78, 5) is 13.1. The molecule has 0 atom stereocenters. The van der Waals surface area contributed by atoms with Crippen molar-refractivity contribution in [1.82, 2.24) is 0 Å². The molecule has 2 N–H and O–H groups in total. The van der Waals surface area contributed by atoms with E-state index in [0.29, 0.717) is 23.7 Å². The number of sulfonamides is 1. The number of nitrogens with one attached hydrogen (secondary N) is 2. The van der Waals surface area contributed by atoms with Crippen LogP contribution in [0.1, 0.15) is 6.92 Å². The zero-order valence-electron chi connectivity index (χ0n) is 15.6. The average molecular weight is 449 g/mol. The second-order valence-corrected chi connectivity index (χ2v) is 9.73. The molecule has 9 heteroatoms. The van der Waals surface area contributed by atoms with E-state index in [1.54, 1.807) is 47.8 Å². The van der Waals surface area contributed by atoms with Crippen molar-refractivity contribution in [3.05, 3.63) is 66.0 Å². The lowest BCUT2D eigenvalue weighted by atomic mass is 10.3. The molecule has 1 heterocycles. The summed E-state index contributed by atoms with van der Waals surface area (Å²) in [6.07, 6.45) is 0. The highest BCUT2D eigenvalue weighted by Crippen LogP contribution is 2.26. The quantitative estimate of drug-likeness (QED) is 0.465. The van der Waals surface area contributed by atoms with Crippen LogP contribution >= 0.6 is 23.1 Å². The fourth-order valence-electron chi connectivity index (χ4n) is 2.43. The van der Waals surface area contributed by atoms with Gasteiger partial charge in [0.05, 0.1) is 18.0 Å². The smallest absolute Gasteiger partial charge is 0.271 e. The van der Waals surface area contributed by atoms with Gasteiger partial charge in [-0.25, -0.2) is 8.42 Å². The van der Waals surface area contributed by atoms with Gasteiger partial charge in [0.2, 0.25) is 5.91 Å². The minimum atomic E-state index is -3.57. The van der Waals surface area contributed by atoms with Gasteiger partial charge in [-0.1, -0.05) is 18.2 Å². The third kappa shape index (κ3) is 5.99. The zero-order chi connectivity index (χ0) is 20.7. The van der Waals surface area contributed by atoms with Crippen LogP contribution in [0.3, 0.4) is 0 Å². The first-order chi connectivity index (χ1) is 14.0. The van der Waals surface area contributed by atoms with Crippen LogP contribution in [0.15, 0.2) is 75.1 Å². The van der Waals surface area contributed by atoms with Crippen molar-refractivity contribution >= 4 is 50.4 Å². The number of benzene rings is 2. The summed E-state index contributed by atoms with van der Waals surface area (Å²) in [5, 5.41) is 4.56. The minimum absolute atomic E-state index is 0.148. The molecule has 0 saturated heterocycles. The molecular weight excluding hydrogens is 428 g/mol. The van der Waals surface area contributed by atoms with Crippen LogP contribution in [-0.4, -0.2) is 26.7 Å². The van der Waals surface area contributed by atoms with Gasteiger partial charge in [-0.15, -0.1) is 23.1 Å². The van der Waals surface area contributed by atoms with Gasteiger partial charge in [0.15, 0.2) is 0 Å². The summed E-state index contributed by atoms with van der Waals surface area (Å²) in [7, 11) is -3.57. The first kappa shape index (κ1) is 21.2. The van der Waals surface area contributed by atoms with Gasteiger partial charge in [0.1, 0.15) is 9.96 Å². The number of para-hydroxylation sites is 2. The molecule has 152 valence electrons. The van der Waals surface area contributed by atoms with Crippen molar-refractivity contribution in [3.63, 3.8) is 0 Å². The molecule has 0 aliphatic rings. The third-order valence-corrected chi connectivity index (χ3v) is 7.49. The number of thiophene rings is 1. The molecule has 0 radical (unpaired) electrons. The molecule has 0 aliphatic heterocycles. The number of carbonyl (C=O) groups is 1. The Bertz CT molecular complexity index is 1050. The van der Waals surface area contributed by atoms with Gasteiger partial charge < -0.3 is 10.1 Å². The van der Waals surface area contributed by atoms with Crippen LogP contribution in [0.2, 0.25) is 0 Å². The first-order valence-electron chi connectivity index (χ1n) is 8.79. The highest BCUT2D eigenvalue weighted by molar-refractivity contribution is 8.00. The van der Waals surface area contributed by atoms with Gasteiger partial charge >= 0.3 is 0 Å². The predicted octanol–water partition coefficient (Wildman–Crippen LogP) is 4.68. The van der Waals surface area contributed by atoms with Crippen LogP contribution in [0.5, 0.6) is 5.75 Å². The summed E-state index contributed by atoms with van der Waals surface area (Å²) in [6, 6.07) is 17.4. The molecule has 29 heavy (non-hydrogen) atoms. The highest BCUT2D eigenvalue weighted by atomic mass is 32.2. The van der Waals surface area contributed by atoms with E-state index >= 15 is 0 Å². The maximum absolute atomic E-state index is 12.3. The highest BCUT2D eigenvalue weighted by Gasteiger charge is 2.15. The summed E-state index contributed by atoms with van der Waals surface area (Å²) in [5.74, 6) is 0.709. The molecule has 1 aromatic heterocycles. The number of amides is 1. The SMILES string of the molecule is CCOc1ccccc1NC(=O)CSc1ccc(NS(=O)(=O)c2cccs2)cc1. The number of anilines is 2. The minimum Gasteiger partial charge on any atom is -0.492 e. The van der Waals surface area contributed by atoms with Gasteiger partial charge in [0, 0.05) is 10.6 Å². The summed E-state index contributed by atoms with van der Waals surface area (Å²) >= 11 is 2.52. The van der Waals surface area contributed by atoms with E-state index in [1.165, 1.54) is 11.8 Å². The van der Waals surface area contributed by atoms with E-state index in [9.17, 15) is 13.2 Å². The van der Waals surface area contributed by atoms with Crippen molar-refractivity contribution < 1.29 is 17.9 Å². The van der Waals surface area contributed by atoms with E-state index in [0.717, 1.165) is 16.2 Å². The van der Waals surface area contributed by atoms with E-state index in [2.05, 4.69) is 10.0 Å². The number of thioether (sulfide) groups is 1. The molecule has 6 nitrogen and oxygen atoms in total. The third-order valence-electron chi connectivity index (χ3n) is 3.70. The monoisotopic (exact) mass is 448 g/mol. The van der Waals surface area contributed by atoms with E-state index < -0.39 is 10.0 Å². The molecule has 0 bridgehead atoms. The largest absolute Gasteiger partial charge is 0.492 e. The fourth-order valence-corrected chi connectivity index (χ4v) is 5.18. The summed E-state index contributed by atoms with van der Waals surface area (Å²) in [6.45, 7) is 2.41. The normalized spacial score (nSPS) is 11.1. The summed E-state index contributed by atoms with van der Waals surface area (Å²) in [5.41, 5.74) is 1.11. The van der Waals surface area contributed by atoms with Crippen LogP contribution in [-0.2, 0) is 14.8 Å². The van der Waals surface area contributed by atoms with Crippen molar-refractivity contribution in [2.75, 3.05) is 22.4 Å². The number of hydrogen-bond acceptors (Lipinski definition) is 6. The first-order valence-corrected chi connectivity index (χ1v) is 12.1. The summed E-state index contributed by atoms with van der Waals surface area (Å²) < 4.78 is 32.8. The zero-order valence-corrected chi connectivity index (χ0v) is 18.1. The molecule has 3 rings (SSSR count). The van der Waals surface area contributed by atoms with Crippen LogP contribution in [0, 0.1) is 0 Å². The number of ether oxygens (including phenoxy) is 1. The van der Waals surface area contributed by atoms with Crippen LogP contribution < -0.4 is 14.8 Å². The molecule has 0 fully saturated rings. The van der Waals surface area contributed by atoms with Crippen molar-refractivity contribution in [2.24, 2.45) is 0 Å². The maximum Gasteiger partial charge on any atom is 0.271 e. The van der Waals surface area contributed by atoms with Gasteiger partial charge in [-0.3, -0.25) is 9.52 Å². The Morgan fingerprint density at radius 2 is 1.83 bits per heavy atom. The Morgan fingerprint density at radius 1 is 1.07 bits per heavy atom. The molecule has 0 saturated carbocycles. The molecular formula is C20H20N2O4S3. The Morgan fingerprint density at radius 3 is 2.52 bits per heavy atom. The Hall–Kier alpha value is -2.49. The predicted molar refractivity (Wildman–Crippen MR) is 119 cm³/mol. The van der Waals surface area contributed by atoms with Gasteiger partial charge in [-0.2, -0.15) is 0 Å². The van der Waals surface area contributed by atoms with Crippen molar-refractivity contribution in [3.8, 4) is 5.75 Å². The van der Waals surface area contributed by atoms with Gasteiger partial charge in [0.25, 0.3) is 10.0 Å². The van der Waals surface area contributed by atoms with Crippen molar-refractivity contribution in [2.45, 2.75) is 16.0 Å². The topological polar surface area (TPSA) is 84.5 Å². The lowest BCUT2D eigenvalue weighted by Gasteiger charge is -2.11. The molecule has 2 aromatic carbocycles. The molecule has 0 aliphatic carbocycles. The Kier molecular flexibility index (Phi) is 7.18. The Labute approximate surface area is 178 Å². The van der Waals surface area contributed by atoms with Gasteiger partial charge in [-0.05, 0) is 54.8 Å². The second kappa shape index (κ2) is 9.82. The van der Waals surface area contributed by atoms with Crippen molar-refractivity contribution in [1.29, 1.82) is 0 Å².